The molecule has 21 heavy (non-hydrogen) atoms. The van der Waals surface area contributed by atoms with Crippen molar-refractivity contribution < 1.29 is 9.13 Å². The Bertz CT molecular complexity index is 446. The molecule has 0 saturated carbocycles. The molecule has 3 nitrogen and oxygen atoms in total. The van der Waals surface area contributed by atoms with Crippen LogP contribution >= 0.6 is 0 Å². The quantitative estimate of drug-likeness (QED) is 0.873. The van der Waals surface area contributed by atoms with Crippen LogP contribution in [0.3, 0.4) is 0 Å². The summed E-state index contributed by atoms with van der Waals surface area (Å²) in [5, 5.41) is 3.31. The van der Waals surface area contributed by atoms with E-state index in [0.29, 0.717) is 11.6 Å². The highest BCUT2D eigenvalue weighted by Gasteiger charge is 2.19. The van der Waals surface area contributed by atoms with Crippen LogP contribution in [-0.2, 0) is 4.74 Å². The number of nitrogens with one attached hydrogen (secondary N) is 1. The molecular weight excluding hydrogens is 267 g/mol. The lowest BCUT2D eigenvalue weighted by Gasteiger charge is -2.32. The van der Waals surface area contributed by atoms with E-state index >= 15 is 0 Å². The number of nitrogens with zero attached hydrogens (tertiary/aromatic N) is 1. The van der Waals surface area contributed by atoms with Gasteiger partial charge in [-0.3, -0.25) is 0 Å². The predicted octanol–water partition coefficient (Wildman–Crippen LogP) is 2.90. The molecule has 1 fully saturated rings. The Morgan fingerprint density at radius 3 is 2.71 bits per heavy atom. The normalized spacial score (nSPS) is 18.1. The van der Waals surface area contributed by atoms with Crippen molar-refractivity contribution in [1.29, 1.82) is 0 Å². The molecule has 118 valence electrons. The lowest BCUT2D eigenvalue weighted by Crippen LogP contribution is -2.38. The summed E-state index contributed by atoms with van der Waals surface area (Å²) in [4.78, 5) is 2.41. The van der Waals surface area contributed by atoms with E-state index in [4.69, 9.17) is 4.74 Å². The Kier molecular flexibility index (Phi) is 6.15. The third kappa shape index (κ3) is 4.50. The lowest BCUT2D eigenvalue weighted by atomic mass is 10.0. The Hall–Kier alpha value is -0.970. The first-order chi connectivity index (χ1) is 10.1. The van der Waals surface area contributed by atoms with E-state index in [9.17, 15) is 4.39 Å². The first-order valence-corrected chi connectivity index (χ1v) is 7.83. The minimum absolute atomic E-state index is 0.120. The number of ether oxygens (including phenoxy) is 1. The number of aryl methyl sites for hydroxylation is 1. The summed E-state index contributed by atoms with van der Waals surface area (Å²) in [6, 6.07) is 6.35. The molecule has 0 radical (unpaired) electrons. The van der Waals surface area contributed by atoms with Gasteiger partial charge in [-0.2, -0.15) is 0 Å². The fourth-order valence-electron chi connectivity index (χ4n) is 2.94. The van der Waals surface area contributed by atoms with Crippen molar-refractivity contribution >= 4 is 0 Å². The Morgan fingerprint density at radius 1 is 1.38 bits per heavy atom. The van der Waals surface area contributed by atoms with Gasteiger partial charge >= 0.3 is 0 Å². The molecule has 0 amide bonds. The fraction of sp³-hybridized carbons (Fsp3) is 0.647. The Morgan fingerprint density at radius 2 is 2.10 bits per heavy atom. The molecule has 1 aromatic rings. The third-order valence-corrected chi connectivity index (χ3v) is 4.53. The van der Waals surface area contributed by atoms with E-state index in [1.807, 2.05) is 19.2 Å². The minimum atomic E-state index is -0.120. The maximum atomic E-state index is 13.7. The van der Waals surface area contributed by atoms with Gasteiger partial charge in [0.2, 0.25) is 0 Å². The number of hydrogen-bond donors (Lipinski definition) is 1. The zero-order chi connectivity index (χ0) is 15.2. The van der Waals surface area contributed by atoms with Crippen LogP contribution in [0.5, 0.6) is 0 Å². The second-order valence-electron chi connectivity index (χ2n) is 5.96. The summed E-state index contributed by atoms with van der Waals surface area (Å²) in [5.41, 5.74) is 1.73. The van der Waals surface area contributed by atoms with Crippen LogP contribution in [0.15, 0.2) is 18.2 Å². The van der Waals surface area contributed by atoms with E-state index in [2.05, 4.69) is 17.3 Å². The van der Waals surface area contributed by atoms with Crippen molar-refractivity contribution in [1.82, 2.24) is 10.2 Å². The molecule has 1 heterocycles. The van der Waals surface area contributed by atoms with E-state index in [0.717, 1.165) is 44.6 Å². The van der Waals surface area contributed by atoms with E-state index in [-0.39, 0.29) is 11.9 Å². The summed E-state index contributed by atoms with van der Waals surface area (Å²) < 4.78 is 19.1. The van der Waals surface area contributed by atoms with Crippen LogP contribution in [0.2, 0.25) is 0 Å². The highest BCUT2D eigenvalue weighted by Crippen LogP contribution is 2.21. The second-order valence-corrected chi connectivity index (χ2v) is 5.96. The van der Waals surface area contributed by atoms with Crippen LogP contribution in [0.1, 0.15) is 36.4 Å². The highest BCUT2D eigenvalue weighted by atomic mass is 19.1. The van der Waals surface area contributed by atoms with Crippen molar-refractivity contribution in [2.45, 2.75) is 38.3 Å². The minimum Gasteiger partial charge on any atom is -0.381 e. The van der Waals surface area contributed by atoms with Crippen LogP contribution < -0.4 is 5.32 Å². The van der Waals surface area contributed by atoms with Gasteiger partial charge in [0.15, 0.2) is 0 Å². The molecule has 1 unspecified atom stereocenters. The van der Waals surface area contributed by atoms with Crippen LogP contribution in [0, 0.1) is 12.7 Å². The van der Waals surface area contributed by atoms with Crippen LogP contribution in [-0.4, -0.2) is 44.8 Å². The molecule has 0 bridgehead atoms. The molecule has 1 aliphatic rings. The van der Waals surface area contributed by atoms with Crippen molar-refractivity contribution in [2.75, 3.05) is 33.9 Å². The van der Waals surface area contributed by atoms with Crippen LogP contribution in [0.4, 0.5) is 4.39 Å². The molecule has 1 atom stereocenters. The monoisotopic (exact) mass is 294 g/mol. The second kappa shape index (κ2) is 7.87. The molecule has 4 heteroatoms. The van der Waals surface area contributed by atoms with Gasteiger partial charge < -0.3 is 15.0 Å². The van der Waals surface area contributed by atoms with Gasteiger partial charge in [0.1, 0.15) is 5.82 Å². The van der Waals surface area contributed by atoms with Crippen LogP contribution in [0.25, 0.3) is 0 Å². The topological polar surface area (TPSA) is 24.5 Å². The maximum absolute atomic E-state index is 13.7. The standard InChI is InChI=1S/C17H27FN2O/c1-13-4-5-14(12-16(13)18)17(19-2)6-9-20(3)15-7-10-21-11-8-15/h4-5,12,15,17,19H,6-11H2,1-3H3. The molecular formula is C17H27FN2O. The largest absolute Gasteiger partial charge is 0.381 e. The third-order valence-electron chi connectivity index (χ3n) is 4.53. The number of benzene rings is 1. The SMILES string of the molecule is CNC(CCN(C)C1CCOCC1)c1ccc(C)c(F)c1. The molecule has 0 spiro atoms. The fourth-order valence-corrected chi connectivity index (χ4v) is 2.94. The van der Waals surface area contributed by atoms with Crippen molar-refractivity contribution in [3.05, 3.63) is 35.1 Å². The smallest absolute Gasteiger partial charge is 0.126 e. The van der Waals surface area contributed by atoms with E-state index in [1.54, 1.807) is 13.0 Å². The average molecular weight is 294 g/mol. The summed E-state index contributed by atoms with van der Waals surface area (Å²) in [6.45, 7) is 4.54. The zero-order valence-electron chi connectivity index (χ0n) is 13.4. The molecule has 0 aromatic heterocycles. The zero-order valence-corrected chi connectivity index (χ0v) is 13.4. The first kappa shape index (κ1) is 16.4. The molecule has 0 aliphatic carbocycles. The summed E-state index contributed by atoms with van der Waals surface area (Å²) in [5.74, 6) is -0.120. The van der Waals surface area contributed by atoms with Gasteiger partial charge in [0.05, 0.1) is 0 Å². The molecule has 1 saturated heterocycles. The Labute approximate surface area is 127 Å². The Balaban J connectivity index is 1.90. The summed E-state index contributed by atoms with van der Waals surface area (Å²) >= 11 is 0. The summed E-state index contributed by atoms with van der Waals surface area (Å²) in [7, 11) is 4.12. The molecule has 2 rings (SSSR count). The summed E-state index contributed by atoms with van der Waals surface area (Å²) in [6.07, 6.45) is 3.20. The van der Waals surface area contributed by atoms with E-state index < -0.39 is 0 Å². The van der Waals surface area contributed by atoms with Gasteiger partial charge in [0, 0.05) is 25.3 Å². The van der Waals surface area contributed by atoms with Gasteiger partial charge in [-0.15, -0.1) is 0 Å². The maximum Gasteiger partial charge on any atom is 0.126 e. The van der Waals surface area contributed by atoms with Gasteiger partial charge in [-0.05, 0) is 64.0 Å². The van der Waals surface area contributed by atoms with Gasteiger partial charge in [-0.1, -0.05) is 12.1 Å². The van der Waals surface area contributed by atoms with Crippen molar-refractivity contribution in [2.24, 2.45) is 0 Å². The number of hydrogen-bond acceptors (Lipinski definition) is 3. The molecule has 1 N–H and O–H groups in total. The average Bonchev–Trinajstić information content (AvgIpc) is 2.52. The highest BCUT2D eigenvalue weighted by molar-refractivity contribution is 5.25. The predicted molar refractivity (Wildman–Crippen MR) is 84.0 cm³/mol. The van der Waals surface area contributed by atoms with E-state index in [1.165, 1.54) is 0 Å². The molecule has 1 aliphatic heterocycles. The van der Waals surface area contributed by atoms with Crippen molar-refractivity contribution in [3.63, 3.8) is 0 Å². The lowest BCUT2D eigenvalue weighted by molar-refractivity contribution is 0.0420. The van der Waals surface area contributed by atoms with Gasteiger partial charge in [-0.25, -0.2) is 4.39 Å². The number of rotatable bonds is 6. The first-order valence-electron chi connectivity index (χ1n) is 7.83. The van der Waals surface area contributed by atoms with Gasteiger partial charge in [0.25, 0.3) is 0 Å². The molecule has 1 aromatic carbocycles. The number of halogens is 1. The van der Waals surface area contributed by atoms with Crippen molar-refractivity contribution in [3.8, 4) is 0 Å².